The summed E-state index contributed by atoms with van der Waals surface area (Å²) < 4.78 is 6.82. The summed E-state index contributed by atoms with van der Waals surface area (Å²) in [6, 6.07) is 0. The van der Waals surface area contributed by atoms with Gasteiger partial charge in [0.2, 0.25) is 0 Å². The monoisotopic (exact) mass is 279 g/mol. The highest BCUT2D eigenvalue weighted by molar-refractivity contribution is 6.31. The molecule has 0 N–H and O–H groups in total. The second-order valence-corrected chi connectivity index (χ2v) is 5.21. The summed E-state index contributed by atoms with van der Waals surface area (Å²) in [5.74, 6) is 0. The molecule has 1 unspecified atom stereocenters. The van der Waals surface area contributed by atoms with E-state index in [1.54, 1.807) is 7.11 Å². The zero-order valence-electron chi connectivity index (χ0n) is 10.7. The van der Waals surface area contributed by atoms with Gasteiger partial charge in [-0.1, -0.05) is 11.6 Å². The van der Waals surface area contributed by atoms with Gasteiger partial charge in [-0.15, -0.1) is 11.6 Å². The van der Waals surface area contributed by atoms with Crippen molar-refractivity contribution in [2.45, 2.75) is 18.8 Å². The molecule has 0 saturated carbocycles. The quantitative estimate of drug-likeness (QED) is 0.747. The molecule has 0 aromatic carbocycles. The van der Waals surface area contributed by atoms with Crippen LogP contribution in [0.4, 0.5) is 0 Å². The fraction of sp³-hybridized carbons (Fsp3) is 0.727. The molecule has 6 heteroatoms. The molecule has 1 atom stereocenters. The third kappa shape index (κ3) is 4.14. The Kier molecular flexibility index (Phi) is 5.73. The van der Waals surface area contributed by atoms with Crippen molar-refractivity contribution in [3.8, 4) is 0 Å². The number of aromatic nitrogens is 2. The van der Waals surface area contributed by atoms with Crippen LogP contribution in [-0.2, 0) is 18.3 Å². The van der Waals surface area contributed by atoms with Crippen LogP contribution in [0.5, 0.6) is 0 Å². The number of aryl methyl sites for hydroxylation is 2. The van der Waals surface area contributed by atoms with Gasteiger partial charge in [-0.2, -0.15) is 5.10 Å². The zero-order valence-corrected chi connectivity index (χ0v) is 12.2. The van der Waals surface area contributed by atoms with E-state index in [1.807, 2.05) is 25.7 Å². The molecule has 17 heavy (non-hydrogen) atoms. The number of alkyl halides is 1. The number of nitrogens with zero attached hydrogens (tertiary/aromatic N) is 3. The maximum atomic E-state index is 6.19. The van der Waals surface area contributed by atoms with Gasteiger partial charge < -0.3 is 4.74 Å². The normalized spacial score (nSPS) is 13.4. The standard InChI is InChI=1S/C11H19Cl2N3O/c1-8-11(13)10(16(3)14-8)6-15(2)5-9(12)7-17-4/h9H,5-7H2,1-4H3. The van der Waals surface area contributed by atoms with Crippen LogP contribution in [0.15, 0.2) is 0 Å². The summed E-state index contributed by atoms with van der Waals surface area (Å²) in [4.78, 5) is 2.11. The van der Waals surface area contributed by atoms with E-state index in [4.69, 9.17) is 27.9 Å². The molecular formula is C11H19Cl2N3O. The Morgan fingerprint density at radius 2 is 2.18 bits per heavy atom. The number of hydrogen-bond donors (Lipinski definition) is 0. The lowest BCUT2D eigenvalue weighted by Gasteiger charge is -2.19. The van der Waals surface area contributed by atoms with Crippen LogP contribution in [0.3, 0.4) is 0 Å². The van der Waals surface area contributed by atoms with Gasteiger partial charge in [-0.05, 0) is 14.0 Å². The first kappa shape index (κ1) is 14.8. The lowest BCUT2D eigenvalue weighted by Crippen LogP contribution is -2.29. The van der Waals surface area contributed by atoms with Crippen molar-refractivity contribution in [3.63, 3.8) is 0 Å². The molecule has 0 fully saturated rings. The summed E-state index contributed by atoms with van der Waals surface area (Å²) in [6.07, 6.45) is 0. The number of rotatable bonds is 6. The fourth-order valence-electron chi connectivity index (χ4n) is 1.74. The van der Waals surface area contributed by atoms with E-state index in [2.05, 4.69) is 10.00 Å². The third-order valence-corrected chi connectivity index (χ3v) is 3.29. The third-order valence-electron chi connectivity index (χ3n) is 2.54. The Labute approximate surface area is 112 Å². The summed E-state index contributed by atoms with van der Waals surface area (Å²) in [5, 5.41) is 5.00. The van der Waals surface area contributed by atoms with Crippen LogP contribution in [0.1, 0.15) is 11.4 Å². The Hall–Kier alpha value is -0.290. The van der Waals surface area contributed by atoms with Crippen molar-refractivity contribution in [2.24, 2.45) is 7.05 Å². The molecule has 0 aliphatic heterocycles. The van der Waals surface area contributed by atoms with Crippen LogP contribution in [0.2, 0.25) is 5.02 Å². The van der Waals surface area contributed by atoms with Crippen molar-refractivity contribution >= 4 is 23.2 Å². The van der Waals surface area contributed by atoms with Crippen LogP contribution in [0.25, 0.3) is 0 Å². The molecule has 1 heterocycles. The lowest BCUT2D eigenvalue weighted by atomic mass is 10.3. The molecule has 0 radical (unpaired) electrons. The van der Waals surface area contributed by atoms with E-state index in [0.717, 1.165) is 29.5 Å². The van der Waals surface area contributed by atoms with Gasteiger partial charge in [0, 0.05) is 27.2 Å². The van der Waals surface area contributed by atoms with Crippen molar-refractivity contribution in [1.82, 2.24) is 14.7 Å². The van der Waals surface area contributed by atoms with Gasteiger partial charge in [0.15, 0.2) is 0 Å². The second-order valence-electron chi connectivity index (χ2n) is 4.22. The number of halogens is 2. The van der Waals surface area contributed by atoms with Crippen LogP contribution < -0.4 is 0 Å². The van der Waals surface area contributed by atoms with E-state index in [-0.39, 0.29) is 5.38 Å². The van der Waals surface area contributed by atoms with E-state index >= 15 is 0 Å². The lowest BCUT2D eigenvalue weighted by molar-refractivity contribution is 0.180. The molecule has 0 aliphatic rings. The molecule has 0 amide bonds. The SMILES string of the molecule is COCC(Cl)CN(C)Cc1c(Cl)c(C)nn1C. The zero-order chi connectivity index (χ0) is 13.0. The molecule has 98 valence electrons. The van der Waals surface area contributed by atoms with Crippen molar-refractivity contribution < 1.29 is 4.74 Å². The largest absolute Gasteiger partial charge is 0.383 e. The highest BCUT2D eigenvalue weighted by Gasteiger charge is 2.15. The molecule has 1 aromatic rings. The number of ether oxygens (including phenoxy) is 1. The van der Waals surface area contributed by atoms with Crippen LogP contribution >= 0.6 is 23.2 Å². The number of methoxy groups -OCH3 is 1. The summed E-state index contributed by atoms with van der Waals surface area (Å²) in [6.45, 7) is 3.92. The molecule has 1 aromatic heterocycles. The Balaban J connectivity index is 2.58. The minimum Gasteiger partial charge on any atom is -0.383 e. The van der Waals surface area contributed by atoms with Gasteiger partial charge >= 0.3 is 0 Å². The van der Waals surface area contributed by atoms with E-state index in [1.165, 1.54) is 0 Å². The van der Waals surface area contributed by atoms with Gasteiger partial charge in [0.25, 0.3) is 0 Å². The Bertz CT molecular complexity index is 368. The molecule has 1 rings (SSSR count). The molecule has 0 saturated heterocycles. The molecule has 0 bridgehead atoms. The maximum absolute atomic E-state index is 6.19. The van der Waals surface area contributed by atoms with E-state index in [0.29, 0.717) is 6.61 Å². The van der Waals surface area contributed by atoms with E-state index in [9.17, 15) is 0 Å². The average Bonchev–Trinajstić information content (AvgIpc) is 2.45. The van der Waals surface area contributed by atoms with Gasteiger partial charge in [0.1, 0.15) is 0 Å². The minimum atomic E-state index is -0.0156. The topological polar surface area (TPSA) is 30.3 Å². The smallest absolute Gasteiger partial charge is 0.0860 e. The fourth-order valence-corrected chi connectivity index (χ4v) is 2.33. The predicted octanol–water partition coefficient (Wildman–Crippen LogP) is 2.07. The van der Waals surface area contributed by atoms with Crippen molar-refractivity contribution in [2.75, 3.05) is 27.3 Å². The Morgan fingerprint density at radius 3 is 2.65 bits per heavy atom. The van der Waals surface area contributed by atoms with Crippen LogP contribution in [0, 0.1) is 6.92 Å². The first-order valence-electron chi connectivity index (χ1n) is 5.45. The van der Waals surface area contributed by atoms with Crippen molar-refractivity contribution in [1.29, 1.82) is 0 Å². The summed E-state index contributed by atoms with van der Waals surface area (Å²) in [7, 11) is 5.55. The van der Waals surface area contributed by atoms with Crippen LogP contribution in [-0.4, -0.2) is 47.4 Å². The minimum absolute atomic E-state index is 0.0156. The van der Waals surface area contributed by atoms with Gasteiger partial charge in [-0.3, -0.25) is 9.58 Å². The number of hydrogen-bond acceptors (Lipinski definition) is 3. The molecule has 4 nitrogen and oxygen atoms in total. The molecule has 0 aliphatic carbocycles. The Morgan fingerprint density at radius 1 is 1.53 bits per heavy atom. The first-order chi connectivity index (χ1) is 7.95. The van der Waals surface area contributed by atoms with Gasteiger partial charge in [-0.25, -0.2) is 0 Å². The first-order valence-corrected chi connectivity index (χ1v) is 6.26. The maximum Gasteiger partial charge on any atom is 0.0860 e. The highest BCUT2D eigenvalue weighted by Crippen LogP contribution is 2.20. The predicted molar refractivity (Wildman–Crippen MR) is 70.8 cm³/mol. The highest BCUT2D eigenvalue weighted by atomic mass is 35.5. The van der Waals surface area contributed by atoms with Crippen molar-refractivity contribution in [3.05, 3.63) is 16.4 Å². The second kappa shape index (κ2) is 6.59. The van der Waals surface area contributed by atoms with E-state index < -0.39 is 0 Å². The average molecular weight is 280 g/mol. The summed E-state index contributed by atoms with van der Waals surface area (Å²) >= 11 is 12.3. The van der Waals surface area contributed by atoms with Gasteiger partial charge in [0.05, 0.1) is 28.4 Å². The molecule has 0 spiro atoms. The summed E-state index contributed by atoms with van der Waals surface area (Å²) in [5.41, 5.74) is 1.87. The molecular weight excluding hydrogens is 261 g/mol.